The minimum Gasteiger partial charge on any atom is -0.391 e. The largest absolute Gasteiger partial charge is 0.391 e. The van der Waals surface area contributed by atoms with Gasteiger partial charge in [0, 0.05) is 72.4 Å². The molecule has 0 spiro atoms. The van der Waals surface area contributed by atoms with Crippen LogP contribution in [0, 0.1) is 11.8 Å². The van der Waals surface area contributed by atoms with Gasteiger partial charge in [0.05, 0.1) is 6.10 Å². The summed E-state index contributed by atoms with van der Waals surface area (Å²) in [7, 11) is 4.20. The summed E-state index contributed by atoms with van der Waals surface area (Å²) >= 11 is 0. The molecule has 0 aromatic heterocycles. The molecule has 8 amide bonds. The van der Waals surface area contributed by atoms with Crippen molar-refractivity contribution in [3.05, 3.63) is 71.8 Å². The van der Waals surface area contributed by atoms with Crippen LogP contribution in [0.4, 0.5) is 0 Å². The summed E-state index contributed by atoms with van der Waals surface area (Å²) in [6, 6.07) is 9.04. The number of carbonyl (C=O) groups excluding carboxylic acids is 9. The Bertz CT molecular complexity index is 2180. The zero-order valence-corrected chi connectivity index (χ0v) is 42.1. The average Bonchev–Trinajstić information content (AvgIpc) is 3.85. The van der Waals surface area contributed by atoms with Gasteiger partial charge in [-0.15, -0.1) is 0 Å². The molecule has 5 rings (SSSR count). The molecular weight excluding hydrogens is 897 g/mol. The second-order valence-corrected chi connectivity index (χ2v) is 19.8. The molecule has 18 nitrogen and oxygen atoms in total. The van der Waals surface area contributed by atoms with Gasteiger partial charge in [0.2, 0.25) is 47.3 Å². The van der Waals surface area contributed by atoms with Crippen molar-refractivity contribution in [1.29, 1.82) is 0 Å². The molecule has 382 valence electrons. The van der Waals surface area contributed by atoms with E-state index in [0.717, 1.165) is 24.2 Å². The molecule has 2 aromatic carbocycles. The number of hydrogen-bond acceptors (Lipinski definition) is 10. The number of piperidine rings is 1. The highest BCUT2D eigenvalue weighted by molar-refractivity contribution is 5.99. The predicted octanol–water partition coefficient (Wildman–Crippen LogP) is 1.86. The van der Waals surface area contributed by atoms with Gasteiger partial charge in [0.15, 0.2) is 0 Å². The molecule has 0 radical (unpaired) electrons. The van der Waals surface area contributed by atoms with E-state index >= 15 is 0 Å². The molecule has 9 atom stereocenters. The van der Waals surface area contributed by atoms with Crippen LogP contribution in [0.25, 0.3) is 0 Å². The Hall–Kier alpha value is -6.17. The van der Waals surface area contributed by atoms with Gasteiger partial charge >= 0.3 is 0 Å². The van der Waals surface area contributed by atoms with E-state index in [1.807, 2.05) is 13.8 Å². The first kappa shape index (κ1) is 54.8. The number of Topliss-reactive ketones (excluding diaryl/α,β-unsaturated/α-hetero) is 1. The molecule has 3 fully saturated rings. The number of likely N-dealkylation sites (N-methyl/N-ethyl adjacent to an activating group) is 3. The van der Waals surface area contributed by atoms with Crippen LogP contribution in [0.5, 0.6) is 0 Å². The van der Waals surface area contributed by atoms with E-state index in [4.69, 9.17) is 0 Å². The molecule has 3 aliphatic rings. The van der Waals surface area contributed by atoms with Gasteiger partial charge in [-0.05, 0) is 69.4 Å². The van der Waals surface area contributed by atoms with Gasteiger partial charge in [-0.25, -0.2) is 0 Å². The summed E-state index contributed by atoms with van der Waals surface area (Å²) < 4.78 is 0. The Morgan fingerprint density at radius 3 is 1.71 bits per heavy atom. The molecule has 0 unspecified atom stereocenters. The zero-order valence-electron chi connectivity index (χ0n) is 42.1. The van der Waals surface area contributed by atoms with E-state index in [9.17, 15) is 48.3 Å². The summed E-state index contributed by atoms with van der Waals surface area (Å²) in [4.78, 5) is 136. The average molecular weight is 971 g/mol. The Balaban J connectivity index is 1.58. The minimum atomic E-state index is -1.61. The number of carbonyl (C=O) groups is 9. The summed E-state index contributed by atoms with van der Waals surface area (Å²) in [5.74, 6) is -6.62. The van der Waals surface area contributed by atoms with Crippen molar-refractivity contribution in [1.82, 2.24) is 40.4 Å². The predicted molar refractivity (Wildman–Crippen MR) is 261 cm³/mol. The number of ketones is 1. The normalized spacial score (nSPS) is 27.4. The molecule has 18 heteroatoms. The number of amides is 8. The third-order valence-corrected chi connectivity index (χ3v) is 13.9. The highest BCUT2D eigenvalue weighted by atomic mass is 16.3. The fourth-order valence-electron chi connectivity index (χ4n) is 9.66. The molecule has 2 aromatic rings. The SMILES string of the molecule is CC(C)C[C@@H]1NC(=O)[C@H](Cc2ccccc2)N(C)C(=O)[C@H]([C@@H](C)O)NC(=O)[C@H](Cc2ccccc2)N(C)C(=O)[C@H](C)N(C)C(=O)[C@H](C)CC(=O)C[C@@H](C(=O)N2CCCCC2)NC(=O)[C@@H]2CCCN2C1=O. The Morgan fingerprint density at radius 1 is 0.629 bits per heavy atom. The number of benzene rings is 2. The summed E-state index contributed by atoms with van der Waals surface area (Å²) in [5.41, 5.74) is 1.35. The number of aliphatic hydroxyl groups is 1. The Labute approximate surface area is 412 Å². The Kier molecular flexibility index (Phi) is 19.6. The molecule has 0 aliphatic carbocycles. The fraction of sp³-hybridized carbons (Fsp3) is 0.596. The minimum absolute atomic E-state index is 0.0171. The van der Waals surface area contributed by atoms with E-state index in [0.29, 0.717) is 30.6 Å². The van der Waals surface area contributed by atoms with Gasteiger partial charge in [-0.1, -0.05) is 81.4 Å². The summed E-state index contributed by atoms with van der Waals surface area (Å²) in [5, 5.41) is 19.6. The molecule has 3 heterocycles. The van der Waals surface area contributed by atoms with Crippen LogP contribution in [0.2, 0.25) is 0 Å². The number of likely N-dealkylation sites (tertiary alicyclic amines) is 1. The standard InChI is InChI=1S/C52H74N8O10/c1-32(2)27-39-51(69)60-26-18-23-41(60)45(63)54-40(50(68)59-24-16-11-17-25-59)31-38(62)28-33(3)48(66)56(6)34(4)49(67)57(7)43(30-37-21-14-10-15-22-37)47(65)55-44(35(5)61)52(70)58(8)42(46(64)53-39)29-36-19-12-9-13-20-36/h9-10,12-15,19-22,32-35,39-44,61H,11,16-18,23-31H2,1-8H3,(H,53,64)(H,54,63)(H,55,65)/t33-,34+,35-,39+,40+,41+,42+,43+,44+/m1/s1. The lowest BCUT2D eigenvalue weighted by molar-refractivity contribution is -0.150. The molecule has 0 saturated carbocycles. The van der Waals surface area contributed by atoms with Gasteiger partial charge in [0.1, 0.15) is 48.1 Å². The van der Waals surface area contributed by atoms with Crippen LogP contribution in [0.3, 0.4) is 0 Å². The van der Waals surface area contributed by atoms with E-state index in [-0.39, 0.29) is 44.6 Å². The number of nitrogens with zero attached hydrogens (tertiary/aromatic N) is 5. The van der Waals surface area contributed by atoms with Crippen LogP contribution < -0.4 is 16.0 Å². The second kappa shape index (κ2) is 25.1. The summed E-state index contributed by atoms with van der Waals surface area (Å²) in [6.07, 6.45) is 1.08. The number of aliphatic hydroxyl groups excluding tert-OH is 1. The maximum atomic E-state index is 14.7. The van der Waals surface area contributed by atoms with Crippen molar-refractivity contribution in [2.75, 3.05) is 40.8 Å². The maximum absolute atomic E-state index is 14.7. The molecule has 3 saturated heterocycles. The van der Waals surface area contributed by atoms with Crippen molar-refractivity contribution < 1.29 is 48.3 Å². The third kappa shape index (κ3) is 14.0. The first-order valence-corrected chi connectivity index (χ1v) is 24.8. The fourth-order valence-corrected chi connectivity index (χ4v) is 9.66. The molecule has 70 heavy (non-hydrogen) atoms. The third-order valence-electron chi connectivity index (χ3n) is 13.9. The maximum Gasteiger partial charge on any atom is 0.248 e. The van der Waals surface area contributed by atoms with Crippen molar-refractivity contribution in [3.8, 4) is 0 Å². The van der Waals surface area contributed by atoms with Crippen molar-refractivity contribution in [3.63, 3.8) is 0 Å². The quantitative estimate of drug-likeness (QED) is 0.301. The molecular formula is C52H74N8O10. The molecule has 0 bridgehead atoms. The second-order valence-electron chi connectivity index (χ2n) is 19.8. The van der Waals surface area contributed by atoms with E-state index in [1.165, 1.54) is 49.7 Å². The lowest BCUT2D eigenvalue weighted by Crippen LogP contribution is -2.62. The van der Waals surface area contributed by atoms with Gasteiger partial charge in [0.25, 0.3) is 0 Å². The molecule has 3 aliphatic heterocycles. The first-order valence-electron chi connectivity index (χ1n) is 24.8. The first-order chi connectivity index (χ1) is 33.2. The van der Waals surface area contributed by atoms with Crippen LogP contribution in [-0.2, 0) is 56.0 Å². The summed E-state index contributed by atoms with van der Waals surface area (Å²) in [6.45, 7) is 9.20. The van der Waals surface area contributed by atoms with Gasteiger partial charge in [-0.2, -0.15) is 0 Å². The van der Waals surface area contributed by atoms with E-state index in [1.54, 1.807) is 72.5 Å². The van der Waals surface area contributed by atoms with Crippen LogP contribution >= 0.6 is 0 Å². The van der Waals surface area contributed by atoms with Gasteiger partial charge in [-0.3, -0.25) is 43.2 Å². The van der Waals surface area contributed by atoms with Crippen molar-refractivity contribution in [2.24, 2.45) is 11.8 Å². The van der Waals surface area contributed by atoms with Crippen LogP contribution in [0.15, 0.2) is 60.7 Å². The highest BCUT2D eigenvalue weighted by Crippen LogP contribution is 2.24. The monoisotopic (exact) mass is 971 g/mol. The number of fused-ring (bicyclic) bond motifs is 1. The number of hydrogen-bond donors (Lipinski definition) is 4. The number of rotatable bonds is 8. The van der Waals surface area contributed by atoms with E-state index < -0.39 is 114 Å². The topological polar surface area (TPSA) is 226 Å². The Morgan fingerprint density at radius 2 is 1.17 bits per heavy atom. The van der Waals surface area contributed by atoms with Crippen LogP contribution in [0.1, 0.15) is 97.1 Å². The van der Waals surface area contributed by atoms with Crippen molar-refractivity contribution >= 4 is 53.0 Å². The van der Waals surface area contributed by atoms with E-state index in [2.05, 4.69) is 16.0 Å². The highest BCUT2D eigenvalue weighted by Gasteiger charge is 2.43. The zero-order chi connectivity index (χ0) is 51.4. The lowest BCUT2D eigenvalue weighted by atomic mass is 9.97. The van der Waals surface area contributed by atoms with Crippen molar-refractivity contribution in [2.45, 2.75) is 147 Å². The van der Waals surface area contributed by atoms with Gasteiger partial charge < -0.3 is 45.6 Å². The number of nitrogens with one attached hydrogen (secondary N) is 3. The smallest absolute Gasteiger partial charge is 0.248 e. The lowest BCUT2D eigenvalue weighted by Gasteiger charge is -2.36. The molecule has 4 N–H and O–H groups in total. The van der Waals surface area contributed by atoms with Crippen LogP contribution in [-0.4, -0.2) is 172 Å².